The van der Waals surface area contributed by atoms with E-state index in [1.54, 1.807) is 0 Å². The maximum absolute atomic E-state index is 13.3. The number of halogens is 1. The average Bonchev–Trinajstić information content (AvgIpc) is 2.89. The summed E-state index contributed by atoms with van der Waals surface area (Å²) in [5.41, 5.74) is 0.897. The minimum Gasteiger partial charge on any atom is -0.368 e. The largest absolute Gasteiger partial charge is 0.368 e. The number of piperidine rings is 1. The second-order valence-electron chi connectivity index (χ2n) is 7.16. The minimum absolute atomic E-state index is 0.0532. The molecular weight excluding hydrogens is 295 g/mol. The van der Waals surface area contributed by atoms with Crippen LogP contribution in [0.4, 0.5) is 10.1 Å². The average molecular weight is 318 g/mol. The molecule has 4 aliphatic rings. The van der Waals surface area contributed by atoms with Crippen molar-refractivity contribution in [1.29, 1.82) is 0 Å². The summed E-state index contributed by atoms with van der Waals surface area (Å²) in [7, 11) is 0. The number of anilines is 1. The molecule has 0 N–H and O–H groups in total. The molecule has 5 nitrogen and oxygen atoms in total. The van der Waals surface area contributed by atoms with Crippen molar-refractivity contribution in [2.45, 2.75) is 50.9 Å². The first-order valence-electron chi connectivity index (χ1n) is 8.49. The van der Waals surface area contributed by atoms with E-state index in [-0.39, 0.29) is 18.0 Å². The topological polar surface area (TPSA) is 39.7 Å². The lowest BCUT2D eigenvalue weighted by Gasteiger charge is -2.58. The molecule has 4 aliphatic heterocycles. The molecule has 1 aromatic rings. The van der Waals surface area contributed by atoms with E-state index in [4.69, 9.17) is 0 Å². The molecule has 5 rings (SSSR count). The Balaban J connectivity index is 1.45. The number of amides is 1. The highest BCUT2D eigenvalue weighted by Crippen LogP contribution is 2.38. The molecule has 1 aromatic heterocycles. The summed E-state index contributed by atoms with van der Waals surface area (Å²) in [6.45, 7) is 6.76. The summed E-state index contributed by atoms with van der Waals surface area (Å²) in [4.78, 5) is 22.9. The van der Waals surface area contributed by atoms with Crippen molar-refractivity contribution >= 4 is 11.6 Å². The normalized spacial score (nSPS) is 31.0. The van der Waals surface area contributed by atoms with E-state index in [1.165, 1.54) is 12.3 Å². The van der Waals surface area contributed by atoms with E-state index in [9.17, 15) is 9.18 Å². The number of aromatic nitrogens is 1. The quantitative estimate of drug-likeness (QED) is 0.792. The predicted octanol–water partition coefficient (Wildman–Crippen LogP) is 1.49. The molecule has 3 atom stereocenters. The van der Waals surface area contributed by atoms with E-state index >= 15 is 0 Å². The lowest BCUT2D eigenvalue weighted by atomic mass is 9.84. The molecule has 4 saturated heterocycles. The fourth-order valence-corrected chi connectivity index (χ4v) is 4.42. The molecule has 0 aromatic carbocycles. The molecule has 4 fully saturated rings. The summed E-state index contributed by atoms with van der Waals surface area (Å²) in [5, 5.41) is 0. The Morgan fingerprint density at radius 3 is 2.65 bits per heavy atom. The SMILES string of the molecule is CC(C)N1CCC(N2C3CC2CN(c2ccnc(F)c2)C3)C1=O. The first-order valence-corrected chi connectivity index (χ1v) is 8.49. The number of carbonyl (C=O) groups excluding carboxylic acids is 1. The van der Waals surface area contributed by atoms with Gasteiger partial charge in [0, 0.05) is 55.7 Å². The van der Waals surface area contributed by atoms with Gasteiger partial charge in [-0.25, -0.2) is 4.98 Å². The van der Waals surface area contributed by atoms with Gasteiger partial charge in [0.05, 0.1) is 6.04 Å². The van der Waals surface area contributed by atoms with Crippen molar-refractivity contribution in [2.75, 3.05) is 24.5 Å². The van der Waals surface area contributed by atoms with Gasteiger partial charge in [-0.05, 0) is 32.8 Å². The fourth-order valence-electron chi connectivity index (χ4n) is 4.42. The van der Waals surface area contributed by atoms with E-state index in [2.05, 4.69) is 28.6 Å². The molecule has 2 bridgehead atoms. The molecule has 23 heavy (non-hydrogen) atoms. The number of rotatable bonds is 3. The molecule has 124 valence electrons. The summed E-state index contributed by atoms with van der Waals surface area (Å²) in [5.74, 6) is -0.143. The van der Waals surface area contributed by atoms with Gasteiger partial charge in [-0.1, -0.05) is 0 Å². The molecule has 0 aliphatic carbocycles. The third-order valence-corrected chi connectivity index (χ3v) is 5.52. The van der Waals surface area contributed by atoms with E-state index in [1.807, 2.05) is 11.0 Å². The Hall–Kier alpha value is -1.69. The van der Waals surface area contributed by atoms with Crippen LogP contribution in [0.15, 0.2) is 18.3 Å². The number of hydrogen-bond donors (Lipinski definition) is 0. The summed E-state index contributed by atoms with van der Waals surface area (Å²) in [6.07, 6.45) is 3.60. The molecule has 0 radical (unpaired) electrons. The molecule has 0 spiro atoms. The van der Waals surface area contributed by atoms with Crippen LogP contribution in [0.5, 0.6) is 0 Å². The van der Waals surface area contributed by atoms with Gasteiger partial charge >= 0.3 is 0 Å². The first kappa shape index (κ1) is 14.9. The van der Waals surface area contributed by atoms with Crippen LogP contribution in [0.1, 0.15) is 26.7 Å². The number of fused-ring (bicyclic) bond motifs is 2. The van der Waals surface area contributed by atoms with Crippen LogP contribution >= 0.6 is 0 Å². The van der Waals surface area contributed by atoms with E-state index < -0.39 is 5.95 Å². The highest BCUT2D eigenvalue weighted by molar-refractivity contribution is 5.84. The van der Waals surface area contributed by atoms with Crippen molar-refractivity contribution in [3.05, 3.63) is 24.3 Å². The molecule has 5 heterocycles. The zero-order chi connectivity index (χ0) is 16.1. The second-order valence-corrected chi connectivity index (χ2v) is 7.16. The van der Waals surface area contributed by atoms with Crippen LogP contribution in [-0.4, -0.2) is 64.5 Å². The van der Waals surface area contributed by atoms with Crippen LogP contribution in [0.3, 0.4) is 0 Å². The molecule has 1 amide bonds. The van der Waals surface area contributed by atoms with Crippen molar-refractivity contribution in [2.24, 2.45) is 0 Å². The lowest BCUT2D eigenvalue weighted by molar-refractivity contribution is -0.140. The Labute approximate surface area is 136 Å². The van der Waals surface area contributed by atoms with Crippen molar-refractivity contribution in [3.8, 4) is 0 Å². The van der Waals surface area contributed by atoms with Crippen LogP contribution in [0, 0.1) is 5.95 Å². The maximum atomic E-state index is 13.3. The number of nitrogens with zero attached hydrogens (tertiary/aromatic N) is 4. The summed E-state index contributed by atoms with van der Waals surface area (Å²) < 4.78 is 13.3. The predicted molar refractivity (Wildman–Crippen MR) is 85.7 cm³/mol. The van der Waals surface area contributed by atoms with Gasteiger partial charge in [-0.2, -0.15) is 4.39 Å². The Morgan fingerprint density at radius 1 is 1.30 bits per heavy atom. The van der Waals surface area contributed by atoms with E-state index in [0.29, 0.717) is 12.1 Å². The first-order chi connectivity index (χ1) is 11.0. The second kappa shape index (κ2) is 5.44. The Kier molecular flexibility index (Phi) is 3.52. The monoisotopic (exact) mass is 318 g/mol. The van der Waals surface area contributed by atoms with Gasteiger partial charge in [0.2, 0.25) is 11.9 Å². The smallest absolute Gasteiger partial charge is 0.240 e. The van der Waals surface area contributed by atoms with Crippen LogP contribution in [0.2, 0.25) is 0 Å². The van der Waals surface area contributed by atoms with Crippen molar-refractivity contribution < 1.29 is 9.18 Å². The number of carbonyl (C=O) groups is 1. The highest BCUT2D eigenvalue weighted by Gasteiger charge is 2.51. The van der Waals surface area contributed by atoms with Crippen LogP contribution in [-0.2, 0) is 4.79 Å². The third kappa shape index (κ3) is 2.40. The standard InChI is InChI=1S/C17H23FN4O/c1-11(2)21-6-4-15(17(21)23)22-13-7-14(22)10-20(9-13)12-3-5-19-16(18)8-12/h3,5,8,11,13-15H,4,6-7,9-10H2,1-2H3. The number of likely N-dealkylation sites (tertiary alicyclic amines) is 1. The van der Waals surface area contributed by atoms with Crippen molar-refractivity contribution in [1.82, 2.24) is 14.8 Å². The van der Waals surface area contributed by atoms with Crippen LogP contribution < -0.4 is 4.90 Å². The van der Waals surface area contributed by atoms with Gasteiger partial charge in [-0.3, -0.25) is 9.69 Å². The molecule has 3 unspecified atom stereocenters. The third-order valence-electron chi connectivity index (χ3n) is 5.52. The summed E-state index contributed by atoms with van der Waals surface area (Å²) in [6, 6.07) is 4.51. The minimum atomic E-state index is -0.433. The van der Waals surface area contributed by atoms with Gasteiger partial charge in [0.25, 0.3) is 0 Å². The van der Waals surface area contributed by atoms with Crippen molar-refractivity contribution in [3.63, 3.8) is 0 Å². The number of piperazine rings is 1. The fraction of sp³-hybridized carbons (Fsp3) is 0.647. The molecular formula is C17H23FN4O. The van der Waals surface area contributed by atoms with E-state index in [0.717, 1.165) is 38.2 Å². The van der Waals surface area contributed by atoms with Gasteiger partial charge in [-0.15, -0.1) is 0 Å². The van der Waals surface area contributed by atoms with Gasteiger partial charge in [0.1, 0.15) is 0 Å². The number of pyridine rings is 1. The Bertz CT molecular complexity index is 610. The Morgan fingerprint density at radius 2 is 2.04 bits per heavy atom. The highest BCUT2D eigenvalue weighted by atomic mass is 19.1. The molecule has 6 heteroatoms. The zero-order valence-electron chi connectivity index (χ0n) is 13.7. The molecule has 0 saturated carbocycles. The summed E-state index contributed by atoms with van der Waals surface area (Å²) >= 11 is 0. The lowest BCUT2D eigenvalue weighted by Crippen LogP contribution is -2.72. The van der Waals surface area contributed by atoms with Crippen LogP contribution in [0.25, 0.3) is 0 Å². The number of hydrogen-bond acceptors (Lipinski definition) is 4. The zero-order valence-corrected chi connectivity index (χ0v) is 13.7. The van der Waals surface area contributed by atoms with Gasteiger partial charge in [0.15, 0.2) is 0 Å². The van der Waals surface area contributed by atoms with Gasteiger partial charge < -0.3 is 9.80 Å². The maximum Gasteiger partial charge on any atom is 0.240 e.